The van der Waals surface area contributed by atoms with E-state index in [2.05, 4.69) is 28.6 Å². The normalized spacial score (nSPS) is 30.0. The smallest absolute Gasteiger partial charge is 0.274 e. The van der Waals surface area contributed by atoms with Gasteiger partial charge >= 0.3 is 0 Å². The second-order valence-electron chi connectivity index (χ2n) is 9.90. The zero-order valence-corrected chi connectivity index (χ0v) is 17.8. The van der Waals surface area contributed by atoms with Gasteiger partial charge in [0, 0.05) is 37.6 Å². The molecule has 29 heavy (non-hydrogen) atoms. The van der Waals surface area contributed by atoms with Crippen LogP contribution in [0.1, 0.15) is 62.9 Å². The first-order valence-corrected chi connectivity index (χ1v) is 11.6. The Kier molecular flexibility index (Phi) is 5.10. The molecule has 3 aliphatic heterocycles. The highest BCUT2D eigenvalue weighted by Gasteiger charge is 2.47. The molecule has 0 unspecified atom stereocenters. The summed E-state index contributed by atoms with van der Waals surface area (Å²) >= 11 is 0. The van der Waals surface area contributed by atoms with Crippen molar-refractivity contribution in [3.63, 3.8) is 0 Å². The van der Waals surface area contributed by atoms with Crippen molar-refractivity contribution in [2.24, 2.45) is 17.8 Å². The summed E-state index contributed by atoms with van der Waals surface area (Å²) in [7, 11) is 0. The van der Waals surface area contributed by atoms with E-state index < -0.39 is 0 Å². The minimum atomic E-state index is 0.121. The van der Waals surface area contributed by atoms with Crippen LogP contribution in [0.5, 0.6) is 0 Å². The highest BCUT2D eigenvalue weighted by atomic mass is 16.2. The van der Waals surface area contributed by atoms with Crippen molar-refractivity contribution < 1.29 is 4.79 Å². The van der Waals surface area contributed by atoms with Gasteiger partial charge in [-0.2, -0.15) is 0 Å². The standard InChI is InChI=1S/C24H34N4O/c1-17(2)9-10-22-19-13-18(21-7-3-6-12-28(21)22)14-27(15-19)24(29)20-16-26-11-5-4-8-23(26)25-20/h4-5,8,11,16-19,21-22H,3,6-7,9-10,12-15H2,1-2H3/t18-,19+,21+,22+/m1/s1. The van der Waals surface area contributed by atoms with Gasteiger partial charge in [0.25, 0.3) is 5.91 Å². The van der Waals surface area contributed by atoms with E-state index in [0.717, 1.165) is 24.7 Å². The van der Waals surface area contributed by atoms with Gasteiger partial charge in [0.05, 0.1) is 0 Å². The van der Waals surface area contributed by atoms with Crippen molar-refractivity contribution in [3.8, 4) is 0 Å². The lowest BCUT2D eigenvalue weighted by atomic mass is 9.71. The SMILES string of the molecule is CC(C)CC[C@H]1[C@H]2C[C@H](CN(C(=O)c3cn4ccccc4n3)C2)[C@@H]2CCCCN21. The molecule has 5 rings (SSSR count). The first-order valence-electron chi connectivity index (χ1n) is 11.6. The van der Waals surface area contributed by atoms with E-state index in [-0.39, 0.29) is 5.91 Å². The summed E-state index contributed by atoms with van der Waals surface area (Å²) in [5.74, 6) is 2.11. The van der Waals surface area contributed by atoms with Crippen molar-refractivity contribution in [2.75, 3.05) is 19.6 Å². The van der Waals surface area contributed by atoms with E-state index in [1.54, 1.807) is 0 Å². The molecule has 4 atom stereocenters. The summed E-state index contributed by atoms with van der Waals surface area (Å²) in [4.78, 5) is 23.0. The molecule has 2 aromatic heterocycles. The maximum absolute atomic E-state index is 13.4. The summed E-state index contributed by atoms with van der Waals surface area (Å²) < 4.78 is 1.95. The number of carbonyl (C=O) groups is 1. The molecule has 156 valence electrons. The van der Waals surface area contributed by atoms with Crippen LogP contribution in [0.3, 0.4) is 0 Å². The largest absolute Gasteiger partial charge is 0.337 e. The first kappa shape index (κ1) is 19.1. The number of amides is 1. The number of aromatic nitrogens is 2. The molecule has 2 aromatic rings. The van der Waals surface area contributed by atoms with Gasteiger partial charge in [0.2, 0.25) is 0 Å². The van der Waals surface area contributed by atoms with Gasteiger partial charge in [-0.15, -0.1) is 0 Å². The van der Waals surface area contributed by atoms with Crippen LogP contribution in [0.4, 0.5) is 0 Å². The van der Waals surface area contributed by atoms with Crippen LogP contribution in [-0.2, 0) is 0 Å². The van der Waals surface area contributed by atoms with Crippen LogP contribution < -0.4 is 0 Å². The van der Waals surface area contributed by atoms with Crippen LogP contribution in [0.25, 0.3) is 5.65 Å². The van der Waals surface area contributed by atoms with Crippen LogP contribution in [0, 0.1) is 17.8 Å². The van der Waals surface area contributed by atoms with Crippen LogP contribution in [0.2, 0.25) is 0 Å². The predicted molar refractivity (Wildman–Crippen MR) is 115 cm³/mol. The van der Waals surface area contributed by atoms with E-state index in [9.17, 15) is 4.79 Å². The number of likely N-dealkylation sites (tertiary alicyclic amines) is 1. The van der Waals surface area contributed by atoms with E-state index in [0.29, 0.717) is 29.6 Å². The number of imidazole rings is 1. The number of hydrogen-bond donors (Lipinski definition) is 0. The highest BCUT2D eigenvalue weighted by Crippen LogP contribution is 2.43. The lowest BCUT2D eigenvalue weighted by Gasteiger charge is -2.57. The van der Waals surface area contributed by atoms with Gasteiger partial charge in [0.1, 0.15) is 11.3 Å². The fourth-order valence-electron chi connectivity index (χ4n) is 6.18. The maximum Gasteiger partial charge on any atom is 0.274 e. The molecule has 3 aliphatic rings. The van der Waals surface area contributed by atoms with Gasteiger partial charge < -0.3 is 9.30 Å². The molecule has 0 saturated carbocycles. The number of fused-ring (bicyclic) bond motifs is 5. The molecule has 0 radical (unpaired) electrons. The van der Waals surface area contributed by atoms with Crippen molar-refractivity contribution >= 4 is 11.6 Å². The molecule has 2 bridgehead atoms. The molecule has 3 fully saturated rings. The van der Waals surface area contributed by atoms with Crippen molar-refractivity contribution in [1.82, 2.24) is 19.2 Å². The Bertz CT molecular complexity index is 842. The number of carbonyl (C=O) groups excluding carboxylic acids is 1. The molecule has 5 nitrogen and oxygen atoms in total. The fraction of sp³-hybridized carbons (Fsp3) is 0.667. The van der Waals surface area contributed by atoms with E-state index in [1.807, 2.05) is 35.0 Å². The Morgan fingerprint density at radius 1 is 1.21 bits per heavy atom. The number of piperidine rings is 3. The predicted octanol–water partition coefficient (Wildman–Crippen LogP) is 4.09. The second-order valence-corrected chi connectivity index (χ2v) is 9.90. The summed E-state index contributed by atoms with van der Waals surface area (Å²) in [6.07, 6.45) is 11.7. The summed E-state index contributed by atoms with van der Waals surface area (Å²) in [6, 6.07) is 7.23. The van der Waals surface area contributed by atoms with Crippen LogP contribution >= 0.6 is 0 Å². The number of hydrogen-bond acceptors (Lipinski definition) is 3. The summed E-state index contributed by atoms with van der Waals surface area (Å²) in [5, 5.41) is 0. The third kappa shape index (κ3) is 3.58. The Morgan fingerprint density at radius 3 is 2.90 bits per heavy atom. The molecule has 3 saturated heterocycles. The van der Waals surface area contributed by atoms with Crippen LogP contribution in [-0.4, -0.2) is 56.8 Å². The monoisotopic (exact) mass is 394 g/mol. The van der Waals surface area contributed by atoms with Gasteiger partial charge in [-0.3, -0.25) is 9.69 Å². The topological polar surface area (TPSA) is 40.9 Å². The fourth-order valence-corrected chi connectivity index (χ4v) is 6.18. The van der Waals surface area contributed by atoms with Gasteiger partial charge in [-0.05, 0) is 68.5 Å². The van der Waals surface area contributed by atoms with Gasteiger partial charge in [-0.25, -0.2) is 4.98 Å². The van der Waals surface area contributed by atoms with E-state index in [1.165, 1.54) is 45.1 Å². The molecule has 5 heteroatoms. The lowest BCUT2D eigenvalue weighted by molar-refractivity contribution is -0.0682. The highest BCUT2D eigenvalue weighted by molar-refractivity contribution is 5.93. The quantitative estimate of drug-likeness (QED) is 0.784. The Hall–Kier alpha value is -1.88. The molecule has 0 spiro atoms. The molecule has 1 amide bonds. The zero-order valence-electron chi connectivity index (χ0n) is 17.8. The first-order chi connectivity index (χ1) is 14.1. The Balaban J connectivity index is 1.38. The van der Waals surface area contributed by atoms with Crippen LogP contribution in [0.15, 0.2) is 30.6 Å². The Labute approximate surface area is 174 Å². The van der Waals surface area contributed by atoms with Gasteiger partial charge in [0.15, 0.2) is 0 Å². The van der Waals surface area contributed by atoms with Crippen molar-refractivity contribution in [3.05, 3.63) is 36.3 Å². The molecule has 5 heterocycles. The lowest BCUT2D eigenvalue weighted by Crippen LogP contribution is -2.64. The minimum Gasteiger partial charge on any atom is -0.337 e. The Morgan fingerprint density at radius 2 is 2.07 bits per heavy atom. The van der Waals surface area contributed by atoms with Crippen molar-refractivity contribution in [1.29, 1.82) is 0 Å². The average molecular weight is 395 g/mol. The molecule has 0 aliphatic carbocycles. The number of rotatable bonds is 4. The third-order valence-corrected chi connectivity index (χ3v) is 7.53. The number of pyridine rings is 1. The second kappa shape index (κ2) is 7.75. The van der Waals surface area contributed by atoms with E-state index in [4.69, 9.17) is 0 Å². The number of nitrogens with zero attached hydrogens (tertiary/aromatic N) is 4. The maximum atomic E-state index is 13.4. The molecular weight excluding hydrogens is 360 g/mol. The molecule has 0 aromatic carbocycles. The zero-order chi connectivity index (χ0) is 20.0. The molecule has 0 N–H and O–H groups in total. The summed E-state index contributed by atoms with van der Waals surface area (Å²) in [6.45, 7) is 7.73. The van der Waals surface area contributed by atoms with E-state index >= 15 is 0 Å². The summed E-state index contributed by atoms with van der Waals surface area (Å²) in [5.41, 5.74) is 1.44. The average Bonchev–Trinajstić information content (AvgIpc) is 3.17. The van der Waals surface area contributed by atoms with Crippen molar-refractivity contribution in [2.45, 2.75) is 64.5 Å². The minimum absolute atomic E-state index is 0.121. The third-order valence-electron chi connectivity index (χ3n) is 7.53. The molecular formula is C24H34N4O. The van der Waals surface area contributed by atoms with Gasteiger partial charge in [-0.1, -0.05) is 26.3 Å².